The SMILES string of the molecule is COc1cccc(CCN)c1OC1CC(C)CC(C)C1. The number of rotatable bonds is 5. The summed E-state index contributed by atoms with van der Waals surface area (Å²) >= 11 is 0. The van der Waals surface area contributed by atoms with Crippen LogP contribution < -0.4 is 15.2 Å². The summed E-state index contributed by atoms with van der Waals surface area (Å²) in [7, 11) is 1.69. The first kappa shape index (κ1) is 15.2. The second kappa shape index (κ2) is 6.98. The topological polar surface area (TPSA) is 44.5 Å². The number of para-hydroxylation sites is 1. The predicted octanol–water partition coefficient (Wildman–Crippen LogP) is 3.40. The Hall–Kier alpha value is -1.22. The van der Waals surface area contributed by atoms with Crippen LogP contribution in [0.25, 0.3) is 0 Å². The molecule has 1 aromatic carbocycles. The van der Waals surface area contributed by atoms with Gasteiger partial charge in [0.2, 0.25) is 0 Å². The molecule has 0 aliphatic heterocycles. The van der Waals surface area contributed by atoms with E-state index in [1.54, 1.807) is 7.11 Å². The van der Waals surface area contributed by atoms with Gasteiger partial charge in [0.15, 0.2) is 11.5 Å². The standard InChI is InChI=1S/C17H27NO2/c1-12-9-13(2)11-15(10-12)20-17-14(7-8-18)5-4-6-16(17)19-3/h4-6,12-13,15H,7-11,18H2,1-3H3. The Labute approximate surface area is 122 Å². The Kier molecular flexibility index (Phi) is 5.30. The fraction of sp³-hybridized carbons (Fsp3) is 0.647. The molecule has 1 fully saturated rings. The van der Waals surface area contributed by atoms with E-state index in [0.717, 1.165) is 48.2 Å². The van der Waals surface area contributed by atoms with Gasteiger partial charge in [0.05, 0.1) is 13.2 Å². The highest BCUT2D eigenvalue weighted by atomic mass is 16.5. The molecule has 0 spiro atoms. The minimum absolute atomic E-state index is 0.293. The van der Waals surface area contributed by atoms with E-state index < -0.39 is 0 Å². The molecule has 112 valence electrons. The minimum Gasteiger partial charge on any atom is -0.493 e. The Morgan fingerprint density at radius 2 is 1.85 bits per heavy atom. The van der Waals surface area contributed by atoms with Gasteiger partial charge in [-0.15, -0.1) is 0 Å². The molecule has 2 N–H and O–H groups in total. The molecule has 1 aromatic rings. The molecule has 2 unspecified atom stereocenters. The van der Waals surface area contributed by atoms with Crippen molar-refractivity contribution in [3.05, 3.63) is 23.8 Å². The Morgan fingerprint density at radius 1 is 1.15 bits per heavy atom. The molecule has 1 saturated carbocycles. The number of methoxy groups -OCH3 is 1. The second-order valence-electron chi connectivity index (χ2n) is 6.14. The van der Waals surface area contributed by atoms with Crippen LogP contribution in [0, 0.1) is 11.8 Å². The first-order chi connectivity index (χ1) is 9.63. The zero-order valence-electron chi connectivity index (χ0n) is 12.9. The third-order valence-corrected chi connectivity index (χ3v) is 4.11. The summed E-state index contributed by atoms with van der Waals surface area (Å²) in [5.74, 6) is 3.18. The van der Waals surface area contributed by atoms with Crippen LogP contribution in [-0.4, -0.2) is 19.8 Å². The molecule has 3 nitrogen and oxygen atoms in total. The van der Waals surface area contributed by atoms with Gasteiger partial charge in [0.25, 0.3) is 0 Å². The van der Waals surface area contributed by atoms with E-state index in [2.05, 4.69) is 19.9 Å². The van der Waals surface area contributed by atoms with Crippen LogP contribution in [0.4, 0.5) is 0 Å². The van der Waals surface area contributed by atoms with Crippen LogP contribution in [0.5, 0.6) is 11.5 Å². The monoisotopic (exact) mass is 277 g/mol. The number of hydrogen-bond acceptors (Lipinski definition) is 3. The number of benzene rings is 1. The summed E-state index contributed by atoms with van der Waals surface area (Å²) in [5.41, 5.74) is 6.85. The Bertz CT molecular complexity index is 423. The lowest BCUT2D eigenvalue weighted by atomic mass is 9.82. The molecule has 3 heteroatoms. The van der Waals surface area contributed by atoms with Crippen molar-refractivity contribution in [3.63, 3.8) is 0 Å². The van der Waals surface area contributed by atoms with Gasteiger partial charge in [0, 0.05) is 0 Å². The maximum atomic E-state index is 6.32. The highest BCUT2D eigenvalue weighted by Gasteiger charge is 2.26. The normalized spacial score (nSPS) is 26.3. The molecule has 1 aliphatic carbocycles. The van der Waals surface area contributed by atoms with E-state index >= 15 is 0 Å². The Balaban J connectivity index is 2.18. The lowest BCUT2D eigenvalue weighted by Gasteiger charge is -2.32. The van der Waals surface area contributed by atoms with Crippen LogP contribution in [0.1, 0.15) is 38.7 Å². The summed E-state index contributed by atoms with van der Waals surface area (Å²) in [4.78, 5) is 0. The van der Waals surface area contributed by atoms with Gasteiger partial charge in [-0.3, -0.25) is 0 Å². The molecule has 0 aromatic heterocycles. The van der Waals surface area contributed by atoms with Gasteiger partial charge in [0.1, 0.15) is 0 Å². The predicted molar refractivity (Wildman–Crippen MR) is 82.3 cm³/mol. The second-order valence-corrected chi connectivity index (χ2v) is 6.14. The zero-order valence-corrected chi connectivity index (χ0v) is 12.9. The fourth-order valence-corrected chi connectivity index (χ4v) is 3.34. The van der Waals surface area contributed by atoms with Crippen molar-refractivity contribution in [2.24, 2.45) is 17.6 Å². The van der Waals surface area contributed by atoms with Crippen LogP contribution in [0.3, 0.4) is 0 Å². The molecule has 0 radical (unpaired) electrons. The van der Waals surface area contributed by atoms with E-state index in [-0.39, 0.29) is 0 Å². The van der Waals surface area contributed by atoms with Gasteiger partial charge in [-0.2, -0.15) is 0 Å². The van der Waals surface area contributed by atoms with Crippen LogP contribution in [-0.2, 0) is 6.42 Å². The fourth-order valence-electron chi connectivity index (χ4n) is 3.34. The van der Waals surface area contributed by atoms with E-state index in [1.807, 2.05) is 12.1 Å². The van der Waals surface area contributed by atoms with Gasteiger partial charge < -0.3 is 15.2 Å². The van der Waals surface area contributed by atoms with Crippen LogP contribution in [0.15, 0.2) is 18.2 Å². The maximum Gasteiger partial charge on any atom is 0.164 e. The van der Waals surface area contributed by atoms with Crippen molar-refractivity contribution in [2.75, 3.05) is 13.7 Å². The van der Waals surface area contributed by atoms with Crippen molar-refractivity contribution in [3.8, 4) is 11.5 Å². The summed E-state index contributed by atoms with van der Waals surface area (Å²) < 4.78 is 11.8. The van der Waals surface area contributed by atoms with E-state index in [1.165, 1.54) is 6.42 Å². The van der Waals surface area contributed by atoms with Gasteiger partial charge >= 0.3 is 0 Å². The van der Waals surface area contributed by atoms with Crippen molar-refractivity contribution in [1.82, 2.24) is 0 Å². The molecule has 20 heavy (non-hydrogen) atoms. The van der Waals surface area contributed by atoms with Gasteiger partial charge in [-0.25, -0.2) is 0 Å². The molecular weight excluding hydrogens is 250 g/mol. The van der Waals surface area contributed by atoms with Gasteiger partial charge in [-0.05, 0) is 55.7 Å². The van der Waals surface area contributed by atoms with Crippen LogP contribution >= 0.6 is 0 Å². The smallest absolute Gasteiger partial charge is 0.164 e. The number of ether oxygens (including phenoxy) is 2. The molecule has 0 saturated heterocycles. The minimum atomic E-state index is 0.293. The van der Waals surface area contributed by atoms with Crippen molar-refractivity contribution in [1.29, 1.82) is 0 Å². The largest absolute Gasteiger partial charge is 0.493 e. The summed E-state index contributed by atoms with van der Waals surface area (Å²) in [6, 6.07) is 6.05. The third kappa shape index (κ3) is 3.66. The molecule has 1 aliphatic rings. The maximum absolute atomic E-state index is 6.32. The lowest BCUT2D eigenvalue weighted by molar-refractivity contribution is 0.0970. The highest BCUT2D eigenvalue weighted by Crippen LogP contribution is 2.36. The first-order valence-corrected chi connectivity index (χ1v) is 7.66. The molecular formula is C17H27NO2. The summed E-state index contributed by atoms with van der Waals surface area (Å²) in [5, 5.41) is 0. The summed E-state index contributed by atoms with van der Waals surface area (Å²) in [6.45, 7) is 5.26. The van der Waals surface area contributed by atoms with E-state index in [4.69, 9.17) is 15.2 Å². The molecule has 0 heterocycles. The highest BCUT2D eigenvalue weighted by molar-refractivity contribution is 5.47. The average molecular weight is 277 g/mol. The zero-order chi connectivity index (χ0) is 14.5. The van der Waals surface area contributed by atoms with E-state index in [9.17, 15) is 0 Å². The molecule has 0 amide bonds. The van der Waals surface area contributed by atoms with E-state index in [0.29, 0.717) is 12.6 Å². The molecule has 2 rings (SSSR count). The number of hydrogen-bond donors (Lipinski definition) is 1. The van der Waals surface area contributed by atoms with Crippen molar-refractivity contribution < 1.29 is 9.47 Å². The lowest BCUT2D eigenvalue weighted by Crippen LogP contribution is -2.29. The average Bonchev–Trinajstić information content (AvgIpc) is 2.40. The molecule has 2 atom stereocenters. The quantitative estimate of drug-likeness (QED) is 0.897. The number of nitrogens with two attached hydrogens (primary N) is 1. The van der Waals surface area contributed by atoms with Crippen molar-refractivity contribution >= 4 is 0 Å². The first-order valence-electron chi connectivity index (χ1n) is 7.66. The molecule has 0 bridgehead atoms. The van der Waals surface area contributed by atoms with Gasteiger partial charge in [-0.1, -0.05) is 26.0 Å². The Morgan fingerprint density at radius 3 is 2.45 bits per heavy atom. The van der Waals surface area contributed by atoms with Crippen molar-refractivity contribution in [2.45, 2.75) is 45.6 Å². The summed E-state index contributed by atoms with van der Waals surface area (Å²) in [6.07, 6.45) is 4.68. The van der Waals surface area contributed by atoms with Crippen LogP contribution in [0.2, 0.25) is 0 Å². The third-order valence-electron chi connectivity index (χ3n) is 4.11.